The molecule has 4 rings (SSSR count). The minimum Gasteiger partial charge on any atom is -0.496 e. The van der Waals surface area contributed by atoms with Crippen molar-refractivity contribution in [2.24, 2.45) is 5.92 Å². The van der Waals surface area contributed by atoms with Crippen LogP contribution >= 0.6 is 0 Å². The number of amides is 1. The standard InChI is InChI=1S/C26H30N2O5/c1-26(25(30)32-3)17-22(27-33-26)20-9-10-23(31-2)21(16-20)24(29)28-13-11-19(12-14-28)15-18-7-5-4-6-8-18/h4-10,16-17,19,27H,11-15H2,1-3H3. The number of carbonyl (C=O) groups is 2. The van der Waals surface area contributed by atoms with E-state index in [1.165, 1.54) is 12.7 Å². The summed E-state index contributed by atoms with van der Waals surface area (Å²) < 4.78 is 10.3. The third-order valence-electron chi connectivity index (χ3n) is 6.39. The van der Waals surface area contributed by atoms with E-state index >= 15 is 0 Å². The zero-order chi connectivity index (χ0) is 23.4. The molecular weight excluding hydrogens is 420 g/mol. The zero-order valence-electron chi connectivity index (χ0n) is 19.3. The number of nitrogens with one attached hydrogen (secondary N) is 1. The Morgan fingerprint density at radius 2 is 1.85 bits per heavy atom. The minimum atomic E-state index is -1.23. The molecule has 7 heteroatoms. The number of methoxy groups -OCH3 is 2. The Labute approximate surface area is 194 Å². The van der Waals surface area contributed by atoms with Gasteiger partial charge in [-0.2, -0.15) is 0 Å². The van der Waals surface area contributed by atoms with Gasteiger partial charge in [0.25, 0.3) is 5.91 Å². The molecule has 1 unspecified atom stereocenters. The Hall–Kier alpha value is -3.32. The molecule has 0 aliphatic carbocycles. The molecule has 2 aromatic rings. The Kier molecular flexibility index (Phi) is 6.70. The summed E-state index contributed by atoms with van der Waals surface area (Å²) in [5, 5.41) is 0. The largest absolute Gasteiger partial charge is 0.496 e. The van der Waals surface area contributed by atoms with Crippen molar-refractivity contribution in [1.29, 1.82) is 0 Å². The van der Waals surface area contributed by atoms with Gasteiger partial charge in [0.2, 0.25) is 5.60 Å². The van der Waals surface area contributed by atoms with Gasteiger partial charge in [-0.25, -0.2) is 4.79 Å². The van der Waals surface area contributed by atoms with Gasteiger partial charge >= 0.3 is 5.97 Å². The van der Waals surface area contributed by atoms with Crippen LogP contribution in [0.4, 0.5) is 0 Å². The maximum Gasteiger partial charge on any atom is 0.344 e. The van der Waals surface area contributed by atoms with Crippen molar-refractivity contribution < 1.29 is 23.9 Å². The van der Waals surface area contributed by atoms with Gasteiger partial charge in [0.1, 0.15) is 5.75 Å². The Bertz CT molecular complexity index is 1040. The second-order valence-corrected chi connectivity index (χ2v) is 8.70. The zero-order valence-corrected chi connectivity index (χ0v) is 19.3. The number of ether oxygens (including phenoxy) is 2. The number of hydrogen-bond donors (Lipinski definition) is 1. The van der Waals surface area contributed by atoms with E-state index in [0.717, 1.165) is 24.8 Å². The molecule has 1 saturated heterocycles. The van der Waals surface area contributed by atoms with Crippen LogP contribution in [0, 0.1) is 5.92 Å². The van der Waals surface area contributed by atoms with E-state index in [1.807, 2.05) is 17.0 Å². The van der Waals surface area contributed by atoms with Gasteiger partial charge in [-0.15, -0.1) is 0 Å². The summed E-state index contributed by atoms with van der Waals surface area (Å²) in [5.41, 5.74) is 4.72. The molecule has 7 nitrogen and oxygen atoms in total. The number of carbonyl (C=O) groups excluding carboxylic acids is 2. The van der Waals surface area contributed by atoms with E-state index in [1.54, 1.807) is 32.2 Å². The van der Waals surface area contributed by atoms with Crippen molar-refractivity contribution in [2.45, 2.75) is 31.8 Å². The molecule has 1 fully saturated rings. The number of benzene rings is 2. The van der Waals surface area contributed by atoms with E-state index in [4.69, 9.17) is 14.3 Å². The topological polar surface area (TPSA) is 77.1 Å². The lowest BCUT2D eigenvalue weighted by Gasteiger charge is -2.32. The first-order valence-corrected chi connectivity index (χ1v) is 11.2. The molecule has 2 aromatic carbocycles. The summed E-state index contributed by atoms with van der Waals surface area (Å²) in [6.07, 6.45) is 4.64. The molecule has 0 spiro atoms. The highest BCUT2D eigenvalue weighted by molar-refractivity contribution is 5.98. The molecule has 2 heterocycles. The fourth-order valence-electron chi connectivity index (χ4n) is 4.44. The van der Waals surface area contributed by atoms with Crippen molar-refractivity contribution in [3.63, 3.8) is 0 Å². The van der Waals surface area contributed by atoms with Gasteiger partial charge in [0.15, 0.2) is 0 Å². The second-order valence-electron chi connectivity index (χ2n) is 8.70. The van der Waals surface area contributed by atoms with Crippen LogP contribution < -0.4 is 10.2 Å². The highest BCUT2D eigenvalue weighted by Gasteiger charge is 2.39. The molecule has 1 atom stereocenters. The first-order chi connectivity index (χ1) is 15.9. The maximum absolute atomic E-state index is 13.4. The van der Waals surface area contributed by atoms with Crippen molar-refractivity contribution in [1.82, 2.24) is 10.4 Å². The fraction of sp³-hybridized carbons (Fsp3) is 0.385. The van der Waals surface area contributed by atoms with Gasteiger partial charge in [-0.05, 0) is 61.9 Å². The molecule has 1 amide bonds. The summed E-state index contributed by atoms with van der Waals surface area (Å²) in [6, 6.07) is 15.9. The molecule has 0 saturated carbocycles. The van der Waals surface area contributed by atoms with E-state index < -0.39 is 11.6 Å². The Morgan fingerprint density at radius 1 is 1.12 bits per heavy atom. The molecule has 2 aliphatic rings. The minimum absolute atomic E-state index is 0.0536. The van der Waals surface area contributed by atoms with Gasteiger partial charge < -0.3 is 14.4 Å². The summed E-state index contributed by atoms with van der Waals surface area (Å²) >= 11 is 0. The smallest absolute Gasteiger partial charge is 0.344 e. The van der Waals surface area contributed by atoms with Gasteiger partial charge in [-0.1, -0.05) is 30.3 Å². The molecule has 1 N–H and O–H groups in total. The first kappa shape index (κ1) is 22.9. The van der Waals surface area contributed by atoms with E-state index in [-0.39, 0.29) is 5.91 Å². The first-order valence-electron chi connectivity index (χ1n) is 11.2. The van der Waals surface area contributed by atoms with Crippen LogP contribution in [0.5, 0.6) is 5.75 Å². The number of nitrogens with zero attached hydrogens (tertiary/aromatic N) is 1. The number of esters is 1. The summed E-state index contributed by atoms with van der Waals surface area (Å²) in [7, 11) is 2.87. The number of likely N-dealkylation sites (tertiary alicyclic amines) is 1. The molecule has 0 aromatic heterocycles. The number of hydrogen-bond acceptors (Lipinski definition) is 6. The van der Waals surface area contributed by atoms with Crippen LogP contribution in [0.2, 0.25) is 0 Å². The average molecular weight is 451 g/mol. The quantitative estimate of drug-likeness (QED) is 0.678. The maximum atomic E-state index is 13.4. The average Bonchev–Trinajstić information content (AvgIpc) is 3.27. The number of rotatable bonds is 6. The van der Waals surface area contributed by atoms with Crippen molar-refractivity contribution in [3.05, 3.63) is 71.3 Å². The molecule has 0 bridgehead atoms. The predicted molar refractivity (Wildman–Crippen MR) is 124 cm³/mol. The second kappa shape index (κ2) is 9.67. The predicted octanol–water partition coefficient (Wildman–Crippen LogP) is 3.60. The summed E-state index contributed by atoms with van der Waals surface area (Å²) in [4.78, 5) is 32.8. The highest BCUT2D eigenvalue weighted by Crippen LogP contribution is 2.31. The molecule has 174 valence electrons. The lowest BCUT2D eigenvalue weighted by molar-refractivity contribution is -0.163. The van der Waals surface area contributed by atoms with Crippen molar-refractivity contribution in [3.8, 4) is 5.75 Å². The summed E-state index contributed by atoms with van der Waals surface area (Å²) in [6.45, 7) is 3.05. The van der Waals surface area contributed by atoms with Crippen LogP contribution in [-0.4, -0.2) is 49.7 Å². The molecule has 33 heavy (non-hydrogen) atoms. The highest BCUT2D eigenvalue weighted by atomic mass is 16.7. The Morgan fingerprint density at radius 3 is 2.52 bits per heavy atom. The van der Waals surface area contributed by atoms with Crippen molar-refractivity contribution >= 4 is 17.6 Å². The van der Waals surface area contributed by atoms with Crippen LogP contribution in [0.1, 0.15) is 41.3 Å². The van der Waals surface area contributed by atoms with Crippen LogP contribution in [0.25, 0.3) is 5.70 Å². The molecule has 0 radical (unpaired) electrons. The van der Waals surface area contributed by atoms with E-state index in [0.29, 0.717) is 36.0 Å². The third kappa shape index (κ3) is 4.88. The lowest BCUT2D eigenvalue weighted by Crippen LogP contribution is -2.39. The Balaban J connectivity index is 1.48. The van der Waals surface area contributed by atoms with Crippen LogP contribution in [0.15, 0.2) is 54.6 Å². The monoisotopic (exact) mass is 450 g/mol. The fourth-order valence-corrected chi connectivity index (χ4v) is 4.44. The van der Waals surface area contributed by atoms with Crippen LogP contribution in [-0.2, 0) is 20.8 Å². The summed E-state index contributed by atoms with van der Waals surface area (Å²) in [5.74, 6) is 0.534. The normalized spacial score (nSPS) is 20.7. The van der Waals surface area contributed by atoms with Gasteiger partial charge in [0, 0.05) is 18.7 Å². The van der Waals surface area contributed by atoms with Gasteiger partial charge in [0.05, 0.1) is 25.5 Å². The third-order valence-corrected chi connectivity index (χ3v) is 6.39. The molecular formula is C26H30N2O5. The number of piperidine rings is 1. The SMILES string of the molecule is COC(=O)C1(C)C=C(c2ccc(OC)c(C(=O)N3CCC(Cc4ccccc4)CC3)c2)NO1. The van der Waals surface area contributed by atoms with Gasteiger partial charge in [-0.3, -0.25) is 15.1 Å². The van der Waals surface area contributed by atoms with Crippen LogP contribution in [0.3, 0.4) is 0 Å². The molecule has 2 aliphatic heterocycles. The lowest BCUT2D eigenvalue weighted by atomic mass is 9.90. The van der Waals surface area contributed by atoms with E-state index in [9.17, 15) is 9.59 Å². The van der Waals surface area contributed by atoms with E-state index in [2.05, 4.69) is 29.7 Å². The number of hydroxylamine groups is 1. The van der Waals surface area contributed by atoms with Crippen molar-refractivity contribution in [2.75, 3.05) is 27.3 Å².